The van der Waals surface area contributed by atoms with Gasteiger partial charge in [0.25, 0.3) is 0 Å². The van der Waals surface area contributed by atoms with Gasteiger partial charge in [-0.3, -0.25) is 4.79 Å². The Morgan fingerprint density at radius 3 is 2.43 bits per heavy atom. The molecule has 0 aliphatic heterocycles. The van der Waals surface area contributed by atoms with Crippen LogP contribution in [0.15, 0.2) is 84.0 Å². The third-order valence-corrected chi connectivity index (χ3v) is 5.06. The van der Waals surface area contributed by atoms with Crippen LogP contribution in [0, 0.1) is 5.82 Å². The molecule has 0 spiro atoms. The van der Waals surface area contributed by atoms with Crippen molar-refractivity contribution in [1.29, 1.82) is 0 Å². The van der Waals surface area contributed by atoms with Gasteiger partial charge >= 0.3 is 0 Å². The number of carbonyl (C=O) groups excluding carboxylic acids is 1. The molecule has 0 aliphatic rings. The van der Waals surface area contributed by atoms with Crippen LogP contribution in [-0.2, 0) is 0 Å². The van der Waals surface area contributed by atoms with Gasteiger partial charge in [-0.25, -0.2) is 4.39 Å². The minimum absolute atomic E-state index is 0.0293. The second-order valence-electron chi connectivity index (χ2n) is 6.01. The summed E-state index contributed by atoms with van der Waals surface area (Å²) in [5.41, 5.74) is 3.29. The molecule has 0 amide bonds. The summed E-state index contributed by atoms with van der Waals surface area (Å²) in [5, 5.41) is 11.9. The fourth-order valence-electron chi connectivity index (χ4n) is 2.73. The molecule has 5 nitrogen and oxygen atoms in total. The quantitative estimate of drug-likeness (QED) is 0.360. The zero-order valence-electron chi connectivity index (χ0n) is 14.7. The number of hydrogen-bond acceptors (Lipinski definition) is 5. The van der Waals surface area contributed by atoms with Gasteiger partial charge in [0, 0.05) is 5.56 Å². The Labute approximate surface area is 165 Å². The fourth-order valence-corrected chi connectivity index (χ4v) is 3.52. The van der Waals surface area contributed by atoms with Crippen LogP contribution in [0.25, 0.3) is 16.8 Å². The number of ketones is 1. The van der Waals surface area contributed by atoms with Gasteiger partial charge in [0.15, 0.2) is 5.78 Å². The van der Waals surface area contributed by atoms with Crippen molar-refractivity contribution >= 4 is 17.5 Å². The summed E-state index contributed by atoms with van der Waals surface area (Å²) in [6.07, 6.45) is 0. The number of hydrogen-bond donors (Lipinski definition) is 0. The first-order valence-electron chi connectivity index (χ1n) is 8.56. The van der Waals surface area contributed by atoms with E-state index in [0.717, 1.165) is 11.1 Å². The molecule has 0 saturated heterocycles. The van der Waals surface area contributed by atoms with Gasteiger partial charge < -0.3 is 0 Å². The highest BCUT2D eigenvalue weighted by Gasteiger charge is 2.13. The molecule has 1 aromatic heterocycles. The average Bonchev–Trinajstić information content (AvgIpc) is 3.21. The lowest BCUT2D eigenvalue weighted by atomic mass is 10.0. The Bertz CT molecular complexity index is 1100. The van der Waals surface area contributed by atoms with Crippen LogP contribution in [0.4, 0.5) is 4.39 Å². The third-order valence-electron chi connectivity index (χ3n) is 4.14. The SMILES string of the molecule is O=C(CSc1nnnn1-c1cccc(F)c1)c1ccc(-c2ccccc2)cc1. The minimum Gasteiger partial charge on any atom is -0.293 e. The molecule has 1 heterocycles. The van der Waals surface area contributed by atoms with E-state index >= 15 is 0 Å². The highest BCUT2D eigenvalue weighted by molar-refractivity contribution is 7.99. The van der Waals surface area contributed by atoms with Gasteiger partial charge in [-0.2, -0.15) is 4.68 Å². The minimum atomic E-state index is -0.376. The first-order chi connectivity index (χ1) is 13.7. The van der Waals surface area contributed by atoms with Crippen molar-refractivity contribution in [3.05, 3.63) is 90.2 Å². The fraction of sp³-hybridized carbons (Fsp3) is 0.0476. The van der Waals surface area contributed by atoms with E-state index in [9.17, 15) is 9.18 Å². The van der Waals surface area contributed by atoms with Crippen LogP contribution in [0.1, 0.15) is 10.4 Å². The molecule has 0 radical (unpaired) electrons. The molecular formula is C21H15FN4OS. The molecule has 4 rings (SSSR count). The van der Waals surface area contributed by atoms with Gasteiger partial charge in [-0.1, -0.05) is 72.4 Å². The average molecular weight is 390 g/mol. The topological polar surface area (TPSA) is 60.7 Å². The van der Waals surface area contributed by atoms with E-state index in [4.69, 9.17) is 0 Å². The van der Waals surface area contributed by atoms with Gasteiger partial charge in [0.05, 0.1) is 11.4 Å². The van der Waals surface area contributed by atoms with Crippen molar-refractivity contribution in [2.45, 2.75) is 5.16 Å². The van der Waals surface area contributed by atoms with Crippen LogP contribution >= 0.6 is 11.8 Å². The highest BCUT2D eigenvalue weighted by atomic mass is 32.2. The molecule has 3 aromatic carbocycles. The first kappa shape index (κ1) is 18.1. The molecule has 0 bridgehead atoms. The summed E-state index contributed by atoms with van der Waals surface area (Å²) in [5.74, 6) is -0.225. The predicted octanol–water partition coefficient (Wildman–Crippen LogP) is 4.44. The molecule has 7 heteroatoms. The lowest BCUT2D eigenvalue weighted by molar-refractivity contribution is 0.102. The third kappa shape index (κ3) is 3.99. The number of nitrogens with zero attached hydrogens (tertiary/aromatic N) is 4. The van der Waals surface area contributed by atoms with Crippen LogP contribution in [0.3, 0.4) is 0 Å². The predicted molar refractivity (Wildman–Crippen MR) is 106 cm³/mol. The van der Waals surface area contributed by atoms with Crippen molar-refractivity contribution in [2.75, 3.05) is 5.75 Å². The van der Waals surface area contributed by atoms with Gasteiger partial charge in [0.1, 0.15) is 5.82 Å². The van der Waals surface area contributed by atoms with E-state index in [-0.39, 0.29) is 17.4 Å². The van der Waals surface area contributed by atoms with Gasteiger partial charge in [0.2, 0.25) is 5.16 Å². The summed E-state index contributed by atoms with van der Waals surface area (Å²) in [6.45, 7) is 0. The zero-order valence-corrected chi connectivity index (χ0v) is 15.5. The van der Waals surface area contributed by atoms with E-state index in [1.54, 1.807) is 12.1 Å². The van der Waals surface area contributed by atoms with Crippen molar-refractivity contribution in [3.8, 4) is 16.8 Å². The van der Waals surface area contributed by atoms with Crippen LogP contribution in [0.5, 0.6) is 0 Å². The largest absolute Gasteiger partial charge is 0.293 e. The van der Waals surface area contributed by atoms with Crippen molar-refractivity contribution in [2.24, 2.45) is 0 Å². The first-order valence-corrected chi connectivity index (χ1v) is 9.55. The van der Waals surface area contributed by atoms with E-state index in [0.29, 0.717) is 16.4 Å². The summed E-state index contributed by atoms with van der Waals surface area (Å²) >= 11 is 1.21. The number of tetrazole rings is 1. The smallest absolute Gasteiger partial charge is 0.214 e. The maximum Gasteiger partial charge on any atom is 0.214 e. The van der Waals surface area contributed by atoms with Gasteiger partial charge in [-0.15, -0.1) is 5.10 Å². The molecule has 0 N–H and O–H groups in total. The second kappa shape index (κ2) is 8.14. The second-order valence-corrected chi connectivity index (χ2v) is 6.95. The summed E-state index contributed by atoms with van der Waals surface area (Å²) in [6, 6.07) is 23.5. The number of halogens is 1. The maximum atomic E-state index is 13.4. The maximum absolute atomic E-state index is 13.4. The molecule has 0 saturated carbocycles. The van der Waals surface area contributed by atoms with Crippen molar-refractivity contribution in [1.82, 2.24) is 20.2 Å². The number of aromatic nitrogens is 4. The molecule has 138 valence electrons. The Kier molecular flexibility index (Phi) is 5.25. The summed E-state index contributed by atoms with van der Waals surface area (Å²) < 4.78 is 14.9. The van der Waals surface area contributed by atoms with Gasteiger partial charge in [-0.05, 0) is 39.8 Å². The number of thioether (sulfide) groups is 1. The zero-order chi connectivity index (χ0) is 19.3. The molecule has 4 aromatic rings. The summed E-state index contributed by atoms with van der Waals surface area (Å²) in [7, 11) is 0. The van der Waals surface area contributed by atoms with E-state index in [1.807, 2.05) is 54.6 Å². The normalized spacial score (nSPS) is 10.8. The standard InChI is InChI=1S/C21H15FN4OS/c22-18-7-4-8-19(13-18)26-21(23-24-25-26)28-14-20(27)17-11-9-16(10-12-17)15-5-2-1-3-6-15/h1-13H,14H2. The Hall–Kier alpha value is -3.32. The van der Waals surface area contributed by atoms with E-state index in [1.165, 1.54) is 28.6 Å². The lowest BCUT2D eigenvalue weighted by Gasteiger charge is -2.05. The Morgan fingerprint density at radius 1 is 0.929 bits per heavy atom. The highest BCUT2D eigenvalue weighted by Crippen LogP contribution is 2.22. The molecule has 0 fully saturated rings. The Balaban J connectivity index is 1.45. The van der Waals surface area contributed by atoms with Crippen LogP contribution < -0.4 is 0 Å². The van der Waals surface area contributed by atoms with Crippen molar-refractivity contribution < 1.29 is 9.18 Å². The van der Waals surface area contributed by atoms with Crippen LogP contribution in [0.2, 0.25) is 0 Å². The number of carbonyl (C=O) groups is 1. The van der Waals surface area contributed by atoms with E-state index in [2.05, 4.69) is 15.5 Å². The number of benzene rings is 3. The molecule has 0 unspecified atom stereocenters. The van der Waals surface area contributed by atoms with Crippen molar-refractivity contribution in [3.63, 3.8) is 0 Å². The molecule has 0 aliphatic carbocycles. The van der Waals surface area contributed by atoms with Crippen LogP contribution in [-0.4, -0.2) is 31.7 Å². The number of Topliss-reactive ketones (excluding diaryl/α,β-unsaturated/α-hetero) is 1. The van der Waals surface area contributed by atoms with E-state index < -0.39 is 0 Å². The molecule has 0 atom stereocenters. The monoisotopic (exact) mass is 390 g/mol. The summed E-state index contributed by atoms with van der Waals surface area (Å²) in [4.78, 5) is 12.5. The Morgan fingerprint density at radius 2 is 1.68 bits per heavy atom. The lowest BCUT2D eigenvalue weighted by Crippen LogP contribution is -2.05. The molecular weight excluding hydrogens is 375 g/mol. The molecule has 28 heavy (non-hydrogen) atoms. The number of rotatable bonds is 6.